The molecule has 0 fully saturated rings. The fourth-order valence-corrected chi connectivity index (χ4v) is 2.96. The molecule has 0 aliphatic rings. The zero-order valence-electron chi connectivity index (χ0n) is 8.22. The van der Waals surface area contributed by atoms with Gasteiger partial charge in [0.15, 0.2) is 0 Å². The molecule has 0 radical (unpaired) electrons. The minimum atomic E-state index is 1.27. The lowest BCUT2D eigenvalue weighted by molar-refractivity contribution is 1.45. The normalized spacial score (nSPS) is 11.6. The van der Waals surface area contributed by atoms with E-state index >= 15 is 0 Å². The molecule has 2 aromatic heterocycles. The van der Waals surface area contributed by atoms with Crippen LogP contribution in [0.1, 0.15) is 10.4 Å². The summed E-state index contributed by atoms with van der Waals surface area (Å²) in [5.74, 6) is 0. The Kier molecular flexibility index (Phi) is 1.50. The Balaban J connectivity index is 2.59. The number of aromatic nitrogens is 1. The second-order valence-electron chi connectivity index (χ2n) is 3.72. The Morgan fingerprint density at radius 1 is 1.21 bits per heavy atom. The van der Waals surface area contributed by atoms with Crippen LogP contribution in [-0.2, 0) is 0 Å². The van der Waals surface area contributed by atoms with E-state index in [1.54, 1.807) is 0 Å². The molecule has 0 saturated carbocycles. The predicted molar refractivity (Wildman–Crippen MR) is 63.2 cm³/mol. The molecule has 2 heterocycles. The zero-order chi connectivity index (χ0) is 9.71. The molecule has 0 atom stereocenters. The third-order valence-corrected chi connectivity index (χ3v) is 3.72. The number of benzene rings is 1. The van der Waals surface area contributed by atoms with Crippen LogP contribution >= 0.6 is 11.3 Å². The number of hydrogen-bond acceptors (Lipinski definition) is 1. The van der Waals surface area contributed by atoms with Gasteiger partial charge in [-0.2, -0.15) is 0 Å². The highest BCUT2D eigenvalue weighted by Gasteiger charge is 2.07. The highest BCUT2D eigenvalue weighted by atomic mass is 32.1. The molecule has 3 rings (SSSR count). The Hall–Kier alpha value is -1.28. The van der Waals surface area contributed by atoms with E-state index in [4.69, 9.17) is 0 Å². The Bertz CT molecular complexity index is 616. The quantitative estimate of drug-likeness (QED) is 0.566. The minimum Gasteiger partial charge on any atom is -0.354 e. The number of rotatable bonds is 0. The molecule has 0 spiro atoms. The van der Waals surface area contributed by atoms with Crippen molar-refractivity contribution in [3.05, 3.63) is 34.7 Å². The van der Waals surface area contributed by atoms with Crippen LogP contribution in [0.3, 0.4) is 0 Å². The summed E-state index contributed by atoms with van der Waals surface area (Å²) in [6.07, 6.45) is 0. The maximum Gasteiger partial charge on any atom is 0.0601 e. The Labute approximate surface area is 86.4 Å². The van der Waals surface area contributed by atoms with Gasteiger partial charge in [-0.3, -0.25) is 0 Å². The number of thiophene rings is 1. The predicted octanol–water partition coefficient (Wildman–Crippen LogP) is 4.00. The lowest BCUT2D eigenvalue weighted by Crippen LogP contribution is -1.73. The highest BCUT2D eigenvalue weighted by molar-refractivity contribution is 7.20. The van der Waals surface area contributed by atoms with Gasteiger partial charge in [0.1, 0.15) is 0 Å². The second-order valence-corrected chi connectivity index (χ2v) is 4.98. The van der Waals surface area contributed by atoms with Crippen molar-refractivity contribution in [3.63, 3.8) is 0 Å². The molecular formula is C12H11NS. The first-order chi connectivity index (χ1) is 6.75. The van der Waals surface area contributed by atoms with Crippen LogP contribution in [0.4, 0.5) is 0 Å². The standard InChI is InChI=1S/C12H11NS/c1-7-4-3-5-9-11(7)13-10-6-8(2)14-12(9)10/h3-6,13H,1-2H3. The molecule has 1 aromatic carbocycles. The van der Waals surface area contributed by atoms with Gasteiger partial charge < -0.3 is 4.98 Å². The maximum atomic E-state index is 3.48. The van der Waals surface area contributed by atoms with Crippen LogP contribution in [0.15, 0.2) is 24.3 Å². The monoisotopic (exact) mass is 201 g/mol. The van der Waals surface area contributed by atoms with E-state index in [1.165, 1.54) is 31.6 Å². The number of H-pyrrole nitrogens is 1. The van der Waals surface area contributed by atoms with Crippen LogP contribution in [0, 0.1) is 13.8 Å². The molecule has 0 saturated heterocycles. The largest absolute Gasteiger partial charge is 0.354 e. The van der Waals surface area contributed by atoms with E-state index in [0.29, 0.717) is 0 Å². The summed E-state index contributed by atoms with van der Waals surface area (Å²) >= 11 is 1.87. The van der Waals surface area contributed by atoms with Crippen molar-refractivity contribution >= 4 is 32.5 Å². The summed E-state index contributed by atoms with van der Waals surface area (Å²) in [5, 5.41) is 1.36. The van der Waals surface area contributed by atoms with Crippen molar-refractivity contribution in [3.8, 4) is 0 Å². The van der Waals surface area contributed by atoms with Gasteiger partial charge in [0.2, 0.25) is 0 Å². The van der Waals surface area contributed by atoms with Gasteiger partial charge in [-0.05, 0) is 25.5 Å². The first kappa shape index (κ1) is 8.06. The summed E-state index contributed by atoms with van der Waals surface area (Å²) in [7, 11) is 0. The van der Waals surface area contributed by atoms with Crippen molar-refractivity contribution in [1.29, 1.82) is 0 Å². The number of aromatic amines is 1. The molecular weight excluding hydrogens is 190 g/mol. The minimum absolute atomic E-state index is 1.27. The summed E-state index contributed by atoms with van der Waals surface area (Å²) in [6.45, 7) is 4.30. The van der Waals surface area contributed by atoms with Crippen LogP contribution in [0.5, 0.6) is 0 Å². The molecule has 1 N–H and O–H groups in total. The fraction of sp³-hybridized carbons (Fsp3) is 0.167. The van der Waals surface area contributed by atoms with Crippen molar-refractivity contribution in [2.24, 2.45) is 0 Å². The molecule has 0 aliphatic heterocycles. The van der Waals surface area contributed by atoms with E-state index in [-0.39, 0.29) is 0 Å². The molecule has 1 nitrogen and oxygen atoms in total. The van der Waals surface area contributed by atoms with Crippen molar-refractivity contribution < 1.29 is 0 Å². The average Bonchev–Trinajstić information content (AvgIpc) is 2.63. The van der Waals surface area contributed by atoms with E-state index < -0.39 is 0 Å². The van der Waals surface area contributed by atoms with Crippen LogP contribution in [-0.4, -0.2) is 4.98 Å². The average molecular weight is 201 g/mol. The molecule has 2 heteroatoms. The number of para-hydroxylation sites is 1. The summed E-state index contributed by atoms with van der Waals surface area (Å²) < 4.78 is 1.39. The zero-order valence-corrected chi connectivity index (χ0v) is 9.03. The molecule has 14 heavy (non-hydrogen) atoms. The summed E-state index contributed by atoms with van der Waals surface area (Å²) in [5.41, 5.74) is 3.88. The topological polar surface area (TPSA) is 15.8 Å². The third kappa shape index (κ3) is 0.946. The van der Waals surface area contributed by atoms with Crippen LogP contribution < -0.4 is 0 Å². The van der Waals surface area contributed by atoms with E-state index in [0.717, 1.165) is 0 Å². The van der Waals surface area contributed by atoms with Gasteiger partial charge in [-0.1, -0.05) is 18.2 Å². The van der Waals surface area contributed by atoms with Crippen LogP contribution in [0.2, 0.25) is 0 Å². The molecule has 3 aromatic rings. The van der Waals surface area contributed by atoms with E-state index in [9.17, 15) is 0 Å². The van der Waals surface area contributed by atoms with Crippen molar-refractivity contribution in [2.45, 2.75) is 13.8 Å². The van der Waals surface area contributed by atoms with Crippen molar-refractivity contribution in [1.82, 2.24) is 4.98 Å². The maximum absolute atomic E-state index is 3.48. The SMILES string of the molecule is Cc1cc2[nH]c3c(C)cccc3c2s1. The number of nitrogens with one attached hydrogen (secondary N) is 1. The van der Waals surface area contributed by atoms with Crippen molar-refractivity contribution in [2.75, 3.05) is 0 Å². The number of hydrogen-bond donors (Lipinski definition) is 1. The highest BCUT2D eigenvalue weighted by Crippen LogP contribution is 2.33. The number of fused-ring (bicyclic) bond motifs is 3. The van der Waals surface area contributed by atoms with Gasteiger partial charge in [0.05, 0.1) is 15.7 Å². The lowest BCUT2D eigenvalue weighted by atomic mass is 10.2. The van der Waals surface area contributed by atoms with E-state index in [1.807, 2.05) is 11.3 Å². The lowest BCUT2D eigenvalue weighted by Gasteiger charge is -1.93. The molecule has 0 amide bonds. The molecule has 0 aliphatic carbocycles. The fourth-order valence-electron chi connectivity index (χ4n) is 1.96. The van der Waals surface area contributed by atoms with Gasteiger partial charge in [-0.25, -0.2) is 0 Å². The first-order valence-corrected chi connectivity index (χ1v) is 5.55. The van der Waals surface area contributed by atoms with E-state index in [2.05, 4.69) is 43.1 Å². The smallest absolute Gasteiger partial charge is 0.0601 e. The number of aryl methyl sites for hydroxylation is 2. The van der Waals surface area contributed by atoms with Gasteiger partial charge >= 0.3 is 0 Å². The summed E-state index contributed by atoms with van der Waals surface area (Å²) in [4.78, 5) is 4.85. The second kappa shape index (κ2) is 2.61. The molecule has 70 valence electrons. The molecule has 0 unspecified atom stereocenters. The molecule has 0 bridgehead atoms. The van der Waals surface area contributed by atoms with Crippen LogP contribution in [0.25, 0.3) is 21.1 Å². The Morgan fingerprint density at radius 2 is 2.07 bits per heavy atom. The van der Waals surface area contributed by atoms with Gasteiger partial charge in [0, 0.05) is 10.3 Å². The Morgan fingerprint density at radius 3 is 2.93 bits per heavy atom. The van der Waals surface area contributed by atoms with Gasteiger partial charge in [0.25, 0.3) is 0 Å². The summed E-state index contributed by atoms with van der Waals surface area (Å²) in [6, 6.07) is 8.69. The van der Waals surface area contributed by atoms with Gasteiger partial charge in [-0.15, -0.1) is 11.3 Å². The first-order valence-electron chi connectivity index (χ1n) is 4.73. The third-order valence-electron chi connectivity index (χ3n) is 2.63.